The molecule has 2 aliphatic rings. The molecule has 6 heterocycles. The van der Waals surface area contributed by atoms with Gasteiger partial charge in [-0.1, -0.05) is 0 Å². The number of likely N-dealkylation sites (tertiary alicyclic amines) is 1. The summed E-state index contributed by atoms with van der Waals surface area (Å²) in [5.41, 5.74) is 4.95. The van der Waals surface area contributed by atoms with Gasteiger partial charge in [0.25, 0.3) is 0 Å². The van der Waals surface area contributed by atoms with Gasteiger partial charge < -0.3 is 14.9 Å². The van der Waals surface area contributed by atoms with E-state index in [0.717, 1.165) is 65.9 Å². The maximum atomic E-state index is 11.5. The molecule has 1 amide bonds. The van der Waals surface area contributed by atoms with Gasteiger partial charge in [-0.25, -0.2) is 14.3 Å². The van der Waals surface area contributed by atoms with Gasteiger partial charge in [0, 0.05) is 79.5 Å². The molecule has 1 spiro atoms. The molecule has 0 saturated carbocycles. The minimum atomic E-state index is -0.831. The minimum absolute atomic E-state index is 0.000497. The topological polar surface area (TPSA) is 116 Å². The fourth-order valence-corrected chi connectivity index (χ4v) is 5.72. The van der Waals surface area contributed by atoms with Crippen molar-refractivity contribution >= 4 is 17.4 Å². The first-order chi connectivity index (χ1) is 17.4. The Balaban J connectivity index is 1.33. The molecule has 182 valence electrons. The van der Waals surface area contributed by atoms with E-state index >= 15 is 0 Å². The van der Waals surface area contributed by atoms with Crippen molar-refractivity contribution in [2.45, 2.75) is 19.3 Å². The maximum absolute atomic E-state index is 11.5. The number of amides is 1. The van der Waals surface area contributed by atoms with Crippen LogP contribution >= 0.6 is 0 Å². The molecule has 4 aromatic rings. The van der Waals surface area contributed by atoms with Crippen LogP contribution in [0.1, 0.15) is 24.8 Å². The van der Waals surface area contributed by atoms with Crippen LogP contribution in [0.2, 0.25) is 0 Å². The van der Waals surface area contributed by atoms with Crippen LogP contribution in [0.4, 0.5) is 10.6 Å². The molecule has 4 aromatic heterocycles. The molecule has 10 nitrogen and oxygen atoms in total. The van der Waals surface area contributed by atoms with E-state index in [1.54, 1.807) is 20.3 Å². The Bertz CT molecular complexity index is 1500. The number of pyridine rings is 2. The summed E-state index contributed by atoms with van der Waals surface area (Å²) in [6.07, 6.45) is 11.2. The second-order valence-corrected chi connectivity index (χ2v) is 9.89. The molecule has 36 heavy (non-hydrogen) atoms. The number of hydrogen-bond acceptors (Lipinski definition) is 6. The van der Waals surface area contributed by atoms with Crippen LogP contribution in [0.3, 0.4) is 0 Å². The van der Waals surface area contributed by atoms with E-state index in [1.807, 2.05) is 44.0 Å². The number of fused-ring (bicyclic) bond motifs is 1. The predicted molar refractivity (Wildman–Crippen MR) is 133 cm³/mol. The summed E-state index contributed by atoms with van der Waals surface area (Å²) in [4.78, 5) is 20.1. The second-order valence-electron chi connectivity index (χ2n) is 9.89. The molecule has 2 aliphatic heterocycles. The van der Waals surface area contributed by atoms with Crippen molar-refractivity contribution in [1.82, 2.24) is 29.3 Å². The van der Waals surface area contributed by atoms with Gasteiger partial charge >= 0.3 is 6.09 Å². The Kier molecular flexibility index (Phi) is 5.14. The number of carboxylic acid groups (broad SMARTS) is 1. The summed E-state index contributed by atoms with van der Waals surface area (Å²) in [6, 6.07) is 8.37. The van der Waals surface area contributed by atoms with Crippen molar-refractivity contribution in [2.24, 2.45) is 12.5 Å². The van der Waals surface area contributed by atoms with Gasteiger partial charge in [0.2, 0.25) is 0 Å². The zero-order valence-electron chi connectivity index (χ0n) is 20.0. The summed E-state index contributed by atoms with van der Waals surface area (Å²) in [7, 11) is 1.88. The highest BCUT2D eigenvalue weighted by Gasteiger charge is 2.43. The van der Waals surface area contributed by atoms with E-state index < -0.39 is 6.09 Å². The third kappa shape index (κ3) is 3.73. The zero-order valence-corrected chi connectivity index (χ0v) is 20.0. The number of aryl methyl sites for hydroxylation is 1. The molecule has 2 saturated heterocycles. The van der Waals surface area contributed by atoms with Crippen LogP contribution in [0.25, 0.3) is 27.8 Å². The Morgan fingerprint density at radius 3 is 2.64 bits per heavy atom. The number of anilines is 1. The van der Waals surface area contributed by atoms with Gasteiger partial charge in [-0.2, -0.15) is 15.5 Å². The Morgan fingerprint density at radius 2 is 1.94 bits per heavy atom. The average molecular weight is 483 g/mol. The molecule has 0 aliphatic carbocycles. The third-order valence-electron chi connectivity index (χ3n) is 7.52. The molecule has 0 bridgehead atoms. The van der Waals surface area contributed by atoms with Gasteiger partial charge in [-0.15, -0.1) is 0 Å². The average Bonchev–Trinajstić information content (AvgIpc) is 3.62. The number of nitrogens with zero attached hydrogens (tertiary/aromatic N) is 8. The summed E-state index contributed by atoms with van der Waals surface area (Å²) in [6.45, 7) is 2.91. The Morgan fingerprint density at radius 1 is 1.06 bits per heavy atom. The van der Waals surface area contributed by atoms with E-state index in [0.29, 0.717) is 18.7 Å². The zero-order chi connectivity index (χ0) is 24.9. The van der Waals surface area contributed by atoms with Crippen LogP contribution in [-0.2, 0) is 7.05 Å². The number of piperidine rings is 1. The third-order valence-corrected chi connectivity index (χ3v) is 7.52. The lowest BCUT2D eigenvalue weighted by atomic mass is 9.79. The quantitative estimate of drug-likeness (QED) is 0.474. The first-order valence-electron chi connectivity index (χ1n) is 12.0. The lowest BCUT2D eigenvalue weighted by molar-refractivity contribution is 0.145. The largest absolute Gasteiger partial charge is 0.465 e. The highest BCUT2D eigenvalue weighted by Crippen LogP contribution is 2.40. The maximum Gasteiger partial charge on any atom is 0.407 e. The highest BCUT2D eigenvalue weighted by molar-refractivity contribution is 5.87. The number of carbonyl (C=O) groups is 1. The molecule has 0 aromatic carbocycles. The Labute approximate surface area is 208 Å². The lowest BCUT2D eigenvalue weighted by Crippen LogP contribution is -2.45. The summed E-state index contributed by atoms with van der Waals surface area (Å²) in [5, 5.41) is 27.8. The van der Waals surface area contributed by atoms with Gasteiger partial charge in [-0.05, 0) is 37.5 Å². The minimum Gasteiger partial charge on any atom is -0.465 e. The van der Waals surface area contributed by atoms with Crippen LogP contribution in [0, 0.1) is 16.7 Å². The van der Waals surface area contributed by atoms with Crippen molar-refractivity contribution in [3.05, 3.63) is 54.7 Å². The van der Waals surface area contributed by atoms with Crippen LogP contribution in [0.15, 0.2) is 49.2 Å². The predicted octanol–water partition coefficient (Wildman–Crippen LogP) is 3.64. The van der Waals surface area contributed by atoms with Crippen LogP contribution in [-0.4, -0.2) is 66.7 Å². The number of hydrogen-bond donors (Lipinski definition) is 1. The Hall–Kier alpha value is -4.39. The van der Waals surface area contributed by atoms with E-state index in [1.165, 1.54) is 0 Å². The molecule has 1 unspecified atom stereocenters. The molecular formula is C26H26N8O2. The molecule has 1 N–H and O–H groups in total. The second kappa shape index (κ2) is 8.37. The molecule has 1 atom stereocenters. The lowest BCUT2D eigenvalue weighted by Gasteiger charge is -2.40. The number of nitriles is 1. The molecule has 6 rings (SSSR count). The SMILES string of the molecule is Cn1cc(-c2cc(-c3ccc(N4CCCC5(CCN(C(=O)O)C5)C4)nc3)c3c(C#N)cnn3c2)cn1. The number of aromatic nitrogens is 5. The van der Waals surface area contributed by atoms with E-state index in [4.69, 9.17) is 4.98 Å². The van der Waals surface area contributed by atoms with Gasteiger partial charge in [0.1, 0.15) is 11.9 Å². The monoisotopic (exact) mass is 482 g/mol. The number of rotatable bonds is 3. The first-order valence-corrected chi connectivity index (χ1v) is 12.0. The van der Waals surface area contributed by atoms with Crippen molar-refractivity contribution in [3.8, 4) is 28.3 Å². The van der Waals surface area contributed by atoms with Crippen LogP contribution in [0.5, 0.6) is 0 Å². The van der Waals surface area contributed by atoms with Gasteiger partial charge in [0.05, 0.1) is 23.5 Å². The van der Waals surface area contributed by atoms with Crippen molar-refractivity contribution in [3.63, 3.8) is 0 Å². The fourth-order valence-electron chi connectivity index (χ4n) is 5.72. The molecule has 2 fully saturated rings. The van der Waals surface area contributed by atoms with E-state index in [2.05, 4.69) is 27.2 Å². The molecule has 0 radical (unpaired) electrons. The van der Waals surface area contributed by atoms with Crippen molar-refractivity contribution in [2.75, 3.05) is 31.1 Å². The molecular weight excluding hydrogens is 456 g/mol. The standard InChI is InChI=1S/C26H26N8O2/c1-31-14-21(13-29-31)19-9-22(24-20(10-27)12-30-34(24)15-19)18-3-4-23(28-11-18)32-7-2-5-26(16-32)6-8-33(17-26)25(35)36/h3-4,9,11-15H,2,5-8,16-17H2,1H3,(H,35,36). The summed E-state index contributed by atoms with van der Waals surface area (Å²) < 4.78 is 3.50. The van der Waals surface area contributed by atoms with Crippen molar-refractivity contribution < 1.29 is 9.90 Å². The van der Waals surface area contributed by atoms with E-state index in [-0.39, 0.29) is 5.41 Å². The normalized spacial score (nSPS) is 19.8. The van der Waals surface area contributed by atoms with E-state index in [9.17, 15) is 15.2 Å². The fraction of sp³-hybridized carbons (Fsp3) is 0.346. The highest BCUT2D eigenvalue weighted by atomic mass is 16.4. The summed E-state index contributed by atoms with van der Waals surface area (Å²) >= 11 is 0. The van der Waals surface area contributed by atoms with Gasteiger partial charge in [-0.3, -0.25) is 4.68 Å². The summed E-state index contributed by atoms with van der Waals surface area (Å²) in [5.74, 6) is 0.889. The van der Waals surface area contributed by atoms with Crippen molar-refractivity contribution in [1.29, 1.82) is 5.26 Å². The first kappa shape index (κ1) is 22.1. The van der Waals surface area contributed by atoms with Gasteiger partial charge in [0.15, 0.2) is 0 Å². The van der Waals surface area contributed by atoms with Crippen LogP contribution < -0.4 is 4.90 Å². The molecule has 10 heteroatoms. The smallest absolute Gasteiger partial charge is 0.407 e.